The summed E-state index contributed by atoms with van der Waals surface area (Å²) in [4.78, 5) is 53.9. The number of methoxy groups -OCH3 is 1. The Bertz CT molecular complexity index is 1320. The number of benzene rings is 1. The second-order valence-electron chi connectivity index (χ2n) is 10.0. The minimum absolute atomic E-state index is 0.0685. The Morgan fingerprint density at radius 3 is 2.62 bits per heavy atom. The van der Waals surface area contributed by atoms with E-state index in [1.807, 2.05) is 0 Å². The number of nitrogens with zero attached hydrogens (tertiary/aromatic N) is 2. The molecule has 1 aliphatic carbocycles. The van der Waals surface area contributed by atoms with Crippen LogP contribution in [0.4, 0.5) is 4.39 Å². The van der Waals surface area contributed by atoms with Gasteiger partial charge in [-0.1, -0.05) is 37.6 Å². The Hall–Kier alpha value is -3.24. The highest BCUT2D eigenvalue weighted by Gasteiger charge is 2.52. The number of esters is 1. The van der Waals surface area contributed by atoms with Crippen LogP contribution in [0.1, 0.15) is 53.1 Å². The van der Waals surface area contributed by atoms with Gasteiger partial charge in [0.15, 0.2) is 5.69 Å². The van der Waals surface area contributed by atoms with Crippen LogP contribution in [0.2, 0.25) is 5.02 Å². The number of ether oxygens (including phenoxy) is 2. The second-order valence-corrected chi connectivity index (χ2v) is 10.4. The number of pyridine rings is 1. The first-order valence-corrected chi connectivity index (χ1v) is 12.3. The maximum atomic E-state index is 14.3. The van der Waals surface area contributed by atoms with Crippen LogP contribution in [0.25, 0.3) is 0 Å². The van der Waals surface area contributed by atoms with Crippen LogP contribution in [0, 0.1) is 17.7 Å². The van der Waals surface area contributed by atoms with Gasteiger partial charge in [-0.05, 0) is 24.8 Å². The lowest BCUT2D eigenvalue weighted by atomic mass is 9.67. The Balaban J connectivity index is 1.79. The van der Waals surface area contributed by atoms with Crippen molar-refractivity contribution < 1.29 is 28.2 Å². The van der Waals surface area contributed by atoms with Crippen LogP contribution in [-0.4, -0.2) is 54.6 Å². The zero-order chi connectivity index (χ0) is 27.1. The zero-order valence-electron chi connectivity index (χ0n) is 21.1. The molecule has 0 unspecified atom stereocenters. The molecule has 1 N–H and O–H groups in total. The smallest absolute Gasteiger partial charge is 0.313 e. The molecule has 1 spiro atoms. The van der Waals surface area contributed by atoms with Gasteiger partial charge in [0.2, 0.25) is 11.2 Å². The highest BCUT2D eigenvalue weighted by molar-refractivity contribution is 6.30. The summed E-state index contributed by atoms with van der Waals surface area (Å²) in [6, 6.07) is 4.39. The van der Waals surface area contributed by atoms with Crippen molar-refractivity contribution in [3.8, 4) is 5.75 Å². The molecule has 0 radical (unpaired) electrons. The minimum Gasteiger partial charge on any atom is -0.420 e. The van der Waals surface area contributed by atoms with Gasteiger partial charge in [0.1, 0.15) is 11.4 Å². The number of halogens is 2. The van der Waals surface area contributed by atoms with E-state index in [4.69, 9.17) is 21.1 Å². The van der Waals surface area contributed by atoms with E-state index in [-0.39, 0.29) is 34.3 Å². The maximum Gasteiger partial charge on any atom is 0.313 e. The van der Waals surface area contributed by atoms with Gasteiger partial charge in [0.25, 0.3) is 11.8 Å². The van der Waals surface area contributed by atoms with Crippen molar-refractivity contribution in [3.05, 3.63) is 62.3 Å². The Morgan fingerprint density at radius 1 is 1.27 bits per heavy atom. The molecule has 2 amide bonds. The normalized spacial score (nSPS) is 20.6. The number of nitrogens with one attached hydrogen (secondary N) is 1. The third-order valence-corrected chi connectivity index (χ3v) is 7.18. The topological polar surface area (TPSA) is 107 Å². The van der Waals surface area contributed by atoms with E-state index in [2.05, 4.69) is 5.32 Å². The number of fused-ring (bicyclic) bond motifs is 2. The molecule has 37 heavy (non-hydrogen) atoms. The third-order valence-electron chi connectivity index (χ3n) is 6.89. The van der Waals surface area contributed by atoms with Gasteiger partial charge in [-0.15, -0.1) is 0 Å². The van der Waals surface area contributed by atoms with Gasteiger partial charge in [-0.3, -0.25) is 19.2 Å². The fourth-order valence-corrected chi connectivity index (χ4v) is 5.25. The van der Waals surface area contributed by atoms with E-state index in [1.54, 1.807) is 38.6 Å². The molecule has 0 bridgehead atoms. The van der Waals surface area contributed by atoms with Gasteiger partial charge < -0.3 is 24.3 Å². The Labute approximate surface area is 218 Å². The van der Waals surface area contributed by atoms with Crippen LogP contribution in [0.3, 0.4) is 0 Å². The molecule has 1 aromatic carbocycles. The average Bonchev–Trinajstić information content (AvgIpc) is 2.83. The van der Waals surface area contributed by atoms with Crippen molar-refractivity contribution in [2.24, 2.45) is 11.8 Å². The van der Waals surface area contributed by atoms with Crippen molar-refractivity contribution in [2.45, 2.75) is 38.8 Å². The summed E-state index contributed by atoms with van der Waals surface area (Å²) in [5, 5.41) is 2.45. The molecule has 0 atom stereocenters. The van der Waals surface area contributed by atoms with E-state index < -0.39 is 46.2 Å². The van der Waals surface area contributed by atoms with Gasteiger partial charge >= 0.3 is 5.97 Å². The summed E-state index contributed by atoms with van der Waals surface area (Å²) >= 11 is 5.82. The van der Waals surface area contributed by atoms with E-state index in [9.17, 15) is 23.6 Å². The number of aromatic nitrogens is 1. The van der Waals surface area contributed by atoms with Crippen molar-refractivity contribution in [1.82, 2.24) is 14.8 Å². The van der Waals surface area contributed by atoms with Crippen molar-refractivity contribution in [3.63, 3.8) is 0 Å². The van der Waals surface area contributed by atoms with Crippen molar-refractivity contribution >= 4 is 29.4 Å². The summed E-state index contributed by atoms with van der Waals surface area (Å²) in [6.07, 6.45) is 2.63. The number of likely N-dealkylation sites (N-methyl/N-ethyl adjacent to an activating group) is 1. The molecule has 1 aromatic heterocycles. The van der Waals surface area contributed by atoms with E-state index in [0.717, 1.165) is 0 Å². The van der Waals surface area contributed by atoms with Crippen LogP contribution in [-0.2, 0) is 21.6 Å². The molecular formula is C26H29ClFN3O6. The highest BCUT2D eigenvalue weighted by Crippen LogP contribution is 2.48. The van der Waals surface area contributed by atoms with Crippen LogP contribution >= 0.6 is 11.6 Å². The molecule has 11 heteroatoms. The van der Waals surface area contributed by atoms with Crippen LogP contribution < -0.4 is 15.5 Å². The number of amides is 2. The molecule has 4 rings (SSSR count). The monoisotopic (exact) mass is 533 g/mol. The lowest BCUT2D eigenvalue weighted by Crippen LogP contribution is -2.60. The fourth-order valence-electron chi connectivity index (χ4n) is 5.06. The molecule has 1 fully saturated rings. The first kappa shape index (κ1) is 26.8. The zero-order valence-corrected chi connectivity index (χ0v) is 21.9. The first-order chi connectivity index (χ1) is 17.5. The highest BCUT2D eigenvalue weighted by atomic mass is 35.5. The predicted molar refractivity (Wildman–Crippen MR) is 133 cm³/mol. The fraction of sp³-hybridized carbons (Fsp3) is 0.462. The van der Waals surface area contributed by atoms with Gasteiger partial charge in [-0.25, -0.2) is 4.39 Å². The minimum atomic E-state index is -0.893. The van der Waals surface area contributed by atoms with Crippen molar-refractivity contribution in [1.29, 1.82) is 0 Å². The molecule has 1 aliphatic heterocycles. The predicted octanol–water partition coefficient (Wildman–Crippen LogP) is 2.97. The average molecular weight is 534 g/mol. The van der Waals surface area contributed by atoms with Crippen LogP contribution in [0.15, 0.2) is 29.2 Å². The Kier molecular flexibility index (Phi) is 7.43. The van der Waals surface area contributed by atoms with Gasteiger partial charge in [0.05, 0.1) is 16.5 Å². The summed E-state index contributed by atoms with van der Waals surface area (Å²) < 4.78 is 26.7. The SMILES string of the molecule is COC[C@H]1C[C@@]2(CN(C)C(=O)c3c(OC(=O)C(C)C)c(=O)c(C(=O)NCc4cccc(Cl)c4F)cn32)C1. The van der Waals surface area contributed by atoms with E-state index in [1.165, 1.54) is 23.2 Å². The lowest BCUT2D eigenvalue weighted by molar-refractivity contribution is -0.137. The number of carbonyl (C=O) groups excluding carboxylic acids is 3. The number of carbonyl (C=O) groups is 3. The quantitative estimate of drug-likeness (QED) is 0.548. The largest absolute Gasteiger partial charge is 0.420 e. The standard InChI is InChI=1S/C26H29ClFN3O6/c1-14(2)25(35)37-22-20-24(34)30(3)13-26(8-15(9-26)12-36-4)31(20)11-17(21(22)32)23(33)29-10-16-6-5-7-18(27)19(16)28/h5-7,11,14-15H,8-10,12-13H2,1-4H3,(H,29,33)/t15-,26-. The Morgan fingerprint density at radius 2 is 1.97 bits per heavy atom. The van der Waals surface area contributed by atoms with Gasteiger partial charge in [0, 0.05) is 45.6 Å². The molecule has 2 aliphatic rings. The molecule has 198 valence electrons. The number of hydrogen-bond donors (Lipinski definition) is 1. The molecular weight excluding hydrogens is 505 g/mol. The summed E-state index contributed by atoms with van der Waals surface area (Å²) in [6.45, 7) is 3.85. The van der Waals surface area contributed by atoms with E-state index in [0.29, 0.717) is 26.0 Å². The van der Waals surface area contributed by atoms with Gasteiger partial charge in [-0.2, -0.15) is 0 Å². The second kappa shape index (κ2) is 10.3. The third kappa shape index (κ3) is 4.87. The number of rotatable bonds is 7. The summed E-state index contributed by atoms with van der Waals surface area (Å²) in [5.41, 5.74) is -1.73. The summed E-state index contributed by atoms with van der Waals surface area (Å²) in [7, 11) is 3.23. The van der Waals surface area contributed by atoms with Crippen molar-refractivity contribution in [2.75, 3.05) is 27.3 Å². The first-order valence-electron chi connectivity index (χ1n) is 12.0. The summed E-state index contributed by atoms with van der Waals surface area (Å²) in [5.74, 6) is -3.50. The lowest BCUT2D eigenvalue weighted by Gasteiger charge is -2.54. The van der Waals surface area contributed by atoms with Crippen LogP contribution in [0.5, 0.6) is 5.75 Å². The molecule has 1 saturated carbocycles. The number of hydrogen-bond acceptors (Lipinski definition) is 6. The molecule has 2 aromatic rings. The molecule has 2 heterocycles. The maximum absolute atomic E-state index is 14.3. The molecule has 9 nitrogen and oxygen atoms in total. The molecule has 0 saturated heterocycles. The van der Waals surface area contributed by atoms with E-state index >= 15 is 0 Å².